The first kappa shape index (κ1) is 25.5. The second-order valence-corrected chi connectivity index (χ2v) is 9.52. The number of ketones is 1. The Kier molecular flexibility index (Phi) is 8.76. The molecular weight excluding hydrogens is 462 g/mol. The molecule has 4 rings (SSSR count). The zero-order chi connectivity index (χ0) is 25.3. The molecule has 9 heteroatoms. The van der Waals surface area contributed by atoms with Crippen molar-refractivity contribution >= 4 is 23.7 Å². The summed E-state index contributed by atoms with van der Waals surface area (Å²) in [4.78, 5) is 52.7. The first-order valence-electron chi connectivity index (χ1n) is 12.6. The van der Waals surface area contributed by atoms with Crippen molar-refractivity contribution in [3.63, 3.8) is 0 Å². The number of ether oxygens (including phenoxy) is 1. The number of hydrogen-bond donors (Lipinski definition) is 2. The molecule has 0 bridgehead atoms. The third kappa shape index (κ3) is 6.96. The molecule has 1 saturated heterocycles. The van der Waals surface area contributed by atoms with Gasteiger partial charge in [0.2, 0.25) is 5.91 Å². The lowest BCUT2D eigenvalue weighted by Crippen LogP contribution is -2.52. The van der Waals surface area contributed by atoms with Crippen molar-refractivity contribution in [1.82, 2.24) is 15.5 Å². The normalized spacial score (nSPS) is 19.4. The number of rotatable bonds is 8. The van der Waals surface area contributed by atoms with Gasteiger partial charge in [-0.2, -0.15) is 0 Å². The van der Waals surface area contributed by atoms with Gasteiger partial charge in [-0.3, -0.25) is 14.4 Å². The molecule has 9 nitrogen and oxygen atoms in total. The fourth-order valence-electron chi connectivity index (χ4n) is 4.86. The van der Waals surface area contributed by atoms with Crippen LogP contribution in [0.4, 0.5) is 4.79 Å². The van der Waals surface area contributed by atoms with Crippen LogP contribution in [0.15, 0.2) is 53.1 Å². The molecule has 2 fully saturated rings. The van der Waals surface area contributed by atoms with Crippen LogP contribution in [0.25, 0.3) is 0 Å². The van der Waals surface area contributed by atoms with Crippen molar-refractivity contribution in [3.05, 3.63) is 60.1 Å². The molecule has 1 aromatic carbocycles. The first-order valence-corrected chi connectivity index (χ1v) is 12.6. The van der Waals surface area contributed by atoms with Crippen LogP contribution in [0.5, 0.6) is 0 Å². The summed E-state index contributed by atoms with van der Waals surface area (Å²) in [7, 11) is 0. The SMILES string of the molecule is O=C(NC(CC1CCCC1)C(=O)NC1CCCN(C(=O)OCc2ccccc2)CC1=O)c1ccco1. The Morgan fingerprint density at radius 2 is 1.81 bits per heavy atom. The van der Waals surface area contributed by atoms with E-state index < -0.39 is 24.1 Å². The van der Waals surface area contributed by atoms with Gasteiger partial charge in [-0.1, -0.05) is 56.0 Å². The van der Waals surface area contributed by atoms with Crippen molar-refractivity contribution < 1.29 is 28.3 Å². The molecule has 2 atom stereocenters. The molecule has 1 aliphatic carbocycles. The average molecular weight is 496 g/mol. The summed E-state index contributed by atoms with van der Waals surface area (Å²) in [6, 6.07) is 11.0. The lowest BCUT2D eigenvalue weighted by Gasteiger charge is -2.24. The summed E-state index contributed by atoms with van der Waals surface area (Å²) in [5.74, 6) is -0.626. The summed E-state index contributed by atoms with van der Waals surface area (Å²) in [5.41, 5.74) is 0.863. The number of nitrogens with zero attached hydrogens (tertiary/aromatic N) is 1. The number of Topliss-reactive ketones (excluding diaryl/α,β-unsaturated/α-hetero) is 1. The lowest BCUT2D eigenvalue weighted by molar-refractivity contribution is -0.129. The van der Waals surface area contributed by atoms with Gasteiger partial charge in [0.1, 0.15) is 12.6 Å². The van der Waals surface area contributed by atoms with E-state index in [0.717, 1.165) is 31.2 Å². The third-order valence-electron chi connectivity index (χ3n) is 6.85. The predicted molar refractivity (Wildman–Crippen MR) is 131 cm³/mol. The summed E-state index contributed by atoms with van der Waals surface area (Å²) in [6.45, 7) is 0.361. The van der Waals surface area contributed by atoms with Crippen molar-refractivity contribution in [2.75, 3.05) is 13.1 Å². The van der Waals surface area contributed by atoms with E-state index >= 15 is 0 Å². The summed E-state index contributed by atoms with van der Waals surface area (Å²) < 4.78 is 10.5. The van der Waals surface area contributed by atoms with Crippen LogP contribution in [0, 0.1) is 5.92 Å². The Hall–Kier alpha value is -3.62. The van der Waals surface area contributed by atoms with Gasteiger partial charge in [0.15, 0.2) is 11.5 Å². The van der Waals surface area contributed by atoms with Crippen LogP contribution >= 0.6 is 0 Å². The largest absolute Gasteiger partial charge is 0.459 e. The van der Waals surface area contributed by atoms with E-state index in [-0.39, 0.29) is 30.6 Å². The first-order chi connectivity index (χ1) is 17.5. The third-order valence-corrected chi connectivity index (χ3v) is 6.85. The minimum atomic E-state index is -0.770. The Balaban J connectivity index is 1.33. The molecule has 1 saturated carbocycles. The maximum Gasteiger partial charge on any atom is 0.410 e. The number of amides is 3. The van der Waals surface area contributed by atoms with Gasteiger partial charge in [0.25, 0.3) is 5.91 Å². The maximum atomic E-state index is 13.2. The fourth-order valence-corrected chi connectivity index (χ4v) is 4.86. The van der Waals surface area contributed by atoms with Crippen molar-refractivity contribution in [1.29, 1.82) is 0 Å². The number of furan rings is 1. The Morgan fingerprint density at radius 1 is 1.03 bits per heavy atom. The van der Waals surface area contributed by atoms with Crippen molar-refractivity contribution in [2.45, 2.75) is 63.6 Å². The van der Waals surface area contributed by atoms with E-state index in [1.54, 1.807) is 12.1 Å². The zero-order valence-electron chi connectivity index (χ0n) is 20.3. The second-order valence-electron chi connectivity index (χ2n) is 9.52. The fraction of sp³-hybridized carbons (Fsp3) is 0.481. The van der Waals surface area contributed by atoms with Crippen LogP contribution in [0.3, 0.4) is 0 Å². The van der Waals surface area contributed by atoms with Gasteiger partial charge in [-0.25, -0.2) is 4.79 Å². The van der Waals surface area contributed by atoms with Gasteiger partial charge < -0.3 is 24.7 Å². The van der Waals surface area contributed by atoms with E-state index in [4.69, 9.17) is 9.15 Å². The number of hydrogen-bond acceptors (Lipinski definition) is 6. The molecule has 2 N–H and O–H groups in total. The van der Waals surface area contributed by atoms with Crippen LogP contribution in [0.1, 0.15) is 61.1 Å². The van der Waals surface area contributed by atoms with E-state index in [1.807, 2.05) is 30.3 Å². The standard InChI is InChI=1S/C27H33N3O6/c31-23-17-30(27(34)36-18-20-10-2-1-3-11-20)14-6-12-21(23)28-25(32)22(16-19-8-4-5-9-19)29-26(33)24-13-7-15-35-24/h1-3,7,10-11,13,15,19,21-22H,4-6,8-9,12,14,16-18H2,(H,28,32)(H,29,33). The van der Waals surface area contributed by atoms with Crippen molar-refractivity contribution in [3.8, 4) is 0 Å². The second kappa shape index (κ2) is 12.4. The molecule has 36 heavy (non-hydrogen) atoms. The monoisotopic (exact) mass is 495 g/mol. The Bertz CT molecular complexity index is 1030. The average Bonchev–Trinajstić information content (AvgIpc) is 3.58. The lowest BCUT2D eigenvalue weighted by atomic mass is 9.97. The van der Waals surface area contributed by atoms with Gasteiger partial charge in [-0.05, 0) is 42.9 Å². The van der Waals surface area contributed by atoms with Crippen LogP contribution < -0.4 is 10.6 Å². The highest BCUT2D eigenvalue weighted by molar-refractivity contribution is 5.97. The smallest absolute Gasteiger partial charge is 0.410 e. The number of carbonyl (C=O) groups is 4. The van der Waals surface area contributed by atoms with Gasteiger partial charge in [0.05, 0.1) is 18.8 Å². The number of likely N-dealkylation sites (tertiary alicyclic amines) is 1. The Morgan fingerprint density at radius 3 is 2.53 bits per heavy atom. The summed E-state index contributed by atoms with van der Waals surface area (Å²) in [5, 5.41) is 5.62. The molecule has 2 aromatic rings. The van der Waals surface area contributed by atoms with E-state index in [0.29, 0.717) is 31.7 Å². The summed E-state index contributed by atoms with van der Waals surface area (Å²) in [6.07, 6.45) is 6.58. The molecular formula is C27H33N3O6. The van der Waals surface area contributed by atoms with Gasteiger partial charge in [-0.15, -0.1) is 0 Å². The zero-order valence-corrected chi connectivity index (χ0v) is 20.3. The van der Waals surface area contributed by atoms with Gasteiger partial charge >= 0.3 is 6.09 Å². The minimum Gasteiger partial charge on any atom is -0.459 e. The summed E-state index contributed by atoms with van der Waals surface area (Å²) >= 11 is 0. The molecule has 2 aliphatic rings. The molecule has 0 radical (unpaired) electrons. The topological polar surface area (TPSA) is 118 Å². The molecule has 2 heterocycles. The number of carbonyl (C=O) groups excluding carboxylic acids is 4. The molecule has 192 valence electrons. The molecule has 1 aromatic heterocycles. The predicted octanol–water partition coefficient (Wildman–Crippen LogP) is 3.44. The van der Waals surface area contributed by atoms with E-state index in [1.165, 1.54) is 11.2 Å². The maximum absolute atomic E-state index is 13.2. The highest BCUT2D eigenvalue weighted by Crippen LogP contribution is 2.29. The van der Waals surface area contributed by atoms with Crippen LogP contribution in [0.2, 0.25) is 0 Å². The number of benzene rings is 1. The highest BCUT2D eigenvalue weighted by atomic mass is 16.6. The van der Waals surface area contributed by atoms with E-state index in [9.17, 15) is 19.2 Å². The molecule has 0 spiro atoms. The van der Waals surface area contributed by atoms with Gasteiger partial charge in [0, 0.05) is 6.54 Å². The molecule has 3 amide bonds. The van der Waals surface area contributed by atoms with Crippen LogP contribution in [-0.2, 0) is 20.9 Å². The van der Waals surface area contributed by atoms with Crippen molar-refractivity contribution in [2.24, 2.45) is 5.92 Å². The Labute approximate surface area is 210 Å². The van der Waals surface area contributed by atoms with E-state index in [2.05, 4.69) is 10.6 Å². The molecule has 2 unspecified atom stereocenters. The minimum absolute atomic E-state index is 0.128. The number of nitrogens with one attached hydrogen (secondary N) is 2. The molecule has 1 aliphatic heterocycles. The van der Waals surface area contributed by atoms with Crippen LogP contribution in [-0.4, -0.2) is 53.8 Å². The quantitative estimate of drug-likeness (QED) is 0.579. The highest BCUT2D eigenvalue weighted by Gasteiger charge is 2.33.